The van der Waals surface area contributed by atoms with Crippen molar-refractivity contribution in [1.82, 2.24) is 0 Å². The van der Waals surface area contributed by atoms with Gasteiger partial charge in [0.05, 0.1) is 0 Å². The zero-order chi connectivity index (χ0) is 10.2. The molecule has 0 unspecified atom stereocenters. The molecular weight excluding hydrogens is 350 g/mol. The molecule has 0 saturated carbocycles. The molecule has 0 fully saturated rings. The fraction of sp³-hybridized carbons (Fsp3) is 0.143. The number of halogens is 1. The van der Waals surface area contributed by atoms with Crippen LogP contribution in [-0.4, -0.2) is 27.5 Å². The average Bonchev–Trinajstić information content (AvgIpc) is 1.98. The second-order valence-electron chi connectivity index (χ2n) is 2.61. The Hall–Kier alpha value is 0.0284. The van der Waals surface area contributed by atoms with Gasteiger partial charge < -0.3 is 0 Å². The second-order valence-corrected chi connectivity index (χ2v) is 6.98. The summed E-state index contributed by atoms with van der Waals surface area (Å²) in [5.41, 5.74) is 0.797. The van der Waals surface area contributed by atoms with E-state index >= 15 is 0 Å². The predicted octanol–water partition coefficient (Wildman–Crippen LogP) is -0.134. The summed E-state index contributed by atoms with van der Waals surface area (Å²) >= 11 is -3.12. The maximum absolute atomic E-state index is 10.9. The molecule has 0 aliphatic heterocycles. The Morgan fingerprint density at radius 2 is 1.92 bits per heavy atom. The summed E-state index contributed by atoms with van der Waals surface area (Å²) in [5.74, 6) is -0.298. The zero-order valence-corrected chi connectivity index (χ0v) is 10.8. The van der Waals surface area contributed by atoms with Crippen LogP contribution in [0.3, 0.4) is 0 Å². The van der Waals surface area contributed by atoms with E-state index in [2.05, 4.69) is 0 Å². The van der Waals surface area contributed by atoms with Crippen LogP contribution in [-0.2, 0) is 3.74 Å². The van der Waals surface area contributed by atoms with Crippen LogP contribution in [0.1, 0.15) is 5.56 Å². The third-order valence-electron chi connectivity index (χ3n) is 1.60. The molecule has 1 rings (SSSR count). The Bertz CT molecular complexity index is 384. The van der Waals surface area contributed by atoms with Crippen molar-refractivity contribution in [2.45, 2.75) is 6.92 Å². The molecule has 0 aliphatic rings. The molecule has 0 spiro atoms. The summed E-state index contributed by atoms with van der Waals surface area (Å²) in [4.78, 5) is 0. The fourth-order valence-corrected chi connectivity index (χ4v) is 3.20. The van der Waals surface area contributed by atoms with Gasteiger partial charge in [-0.05, 0) is 0 Å². The van der Waals surface area contributed by atoms with Crippen molar-refractivity contribution in [1.29, 1.82) is 0 Å². The quantitative estimate of drug-likeness (QED) is 0.483. The van der Waals surface area contributed by atoms with Crippen LogP contribution in [0.15, 0.2) is 12.1 Å². The Kier molecular flexibility index (Phi) is 3.12. The van der Waals surface area contributed by atoms with Gasteiger partial charge in [-0.3, -0.25) is 0 Å². The first-order valence-corrected chi connectivity index (χ1v) is 7.84. The van der Waals surface area contributed by atoms with Crippen molar-refractivity contribution in [3.63, 3.8) is 0 Å². The van der Waals surface area contributed by atoms with Crippen LogP contribution >= 0.6 is 22.6 Å². The number of hydrogen-bond acceptors (Lipinski definition) is 2. The molecule has 0 radical (unpaired) electrons. The van der Waals surface area contributed by atoms with Crippen molar-refractivity contribution < 1.29 is 17.0 Å². The van der Waals surface area contributed by atoms with Crippen LogP contribution in [0.4, 0.5) is 0 Å². The van der Waals surface area contributed by atoms with E-state index in [9.17, 15) is 8.85 Å². The Morgan fingerprint density at radius 1 is 1.38 bits per heavy atom. The number of hydrogen-bond donors (Lipinski definition) is 3. The SMILES string of the molecule is Cc1ccc([As](=O)(O)O)c(O)c1I. The van der Waals surface area contributed by atoms with Crippen molar-refractivity contribution in [2.75, 3.05) is 0 Å². The molecule has 1 aromatic carbocycles. The molecule has 0 saturated heterocycles. The number of benzene rings is 1. The molecule has 1 aromatic rings. The van der Waals surface area contributed by atoms with Gasteiger partial charge in [0.25, 0.3) is 0 Å². The summed E-state index contributed by atoms with van der Waals surface area (Å²) in [6, 6.07) is 2.85. The molecule has 72 valence electrons. The molecule has 4 nitrogen and oxygen atoms in total. The van der Waals surface area contributed by atoms with Crippen LogP contribution in [0.25, 0.3) is 0 Å². The number of aryl methyl sites for hydroxylation is 1. The van der Waals surface area contributed by atoms with Gasteiger partial charge in [-0.1, -0.05) is 0 Å². The summed E-state index contributed by atoms with van der Waals surface area (Å²) < 4.78 is 28.9. The van der Waals surface area contributed by atoms with Gasteiger partial charge in [-0.2, -0.15) is 0 Å². The molecule has 0 bridgehead atoms. The standard InChI is InChI=1S/C7H8AsIO4/c1-4-2-3-5(8(11,12)13)7(10)6(4)9/h2-3,10H,1H3,(H2,11,12,13). The Balaban J connectivity index is 3.44. The molecule has 6 heteroatoms. The molecule has 0 atom stereocenters. The van der Waals surface area contributed by atoms with Crippen LogP contribution < -0.4 is 4.35 Å². The summed E-state index contributed by atoms with van der Waals surface area (Å²) in [6.45, 7) is 1.76. The fourth-order valence-electron chi connectivity index (χ4n) is 0.890. The topological polar surface area (TPSA) is 77.8 Å². The molecule has 3 N–H and O–H groups in total. The normalized spacial score (nSPS) is 11.7. The number of phenols is 1. The molecule has 0 aliphatic carbocycles. The first kappa shape index (κ1) is 11.1. The van der Waals surface area contributed by atoms with E-state index in [1.165, 1.54) is 6.07 Å². The zero-order valence-electron chi connectivity index (χ0n) is 6.73. The molecule has 0 aromatic heterocycles. The van der Waals surface area contributed by atoms with Gasteiger partial charge in [0.2, 0.25) is 0 Å². The summed E-state index contributed by atoms with van der Waals surface area (Å²) in [5, 5.41) is 9.43. The van der Waals surface area contributed by atoms with Crippen LogP contribution in [0, 0.1) is 10.5 Å². The third kappa shape index (κ3) is 2.28. The third-order valence-corrected chi connectivity index (χ3v) is 5.04. The van der Waals surface area contributed by atoms with E-state index in [1.54, 1.807) is 13.0 Å². The van der Waals surface area contributed by atoms with Gasteiger partial charge in [-0.25, -0.2) is 0 Å². The maximum atomic E-state index is 10.9. The first-order valence-electron chi connectivity index (χ1n) is 3.38. The minimum atomic E-state index is -4.97. The van der Waals surface area contributed by atoms with Crippen molar-refractivity contribution in [3.8, 4) is 5.75 Å². The van der Waals surface area contributed by atoms with E-state index in [4.69, 9.17) is 8.19 Å². The van der Waals surface area contributed by atoms with E-state index in [-0.39, 0.29) is 10.1 Å². The number of rotatable bonds is 1. The molecule has 13 heavy (non-hydrogen) atoms. The molecule has 0 heterocycles. The van der Waals surface area contributed by atoms with Gasteiger partial charge in [0.15, 0.2) is 0 Å². The van der Waals surface area contributed by atoms with Crippen LogP contribution in [0.2, 0.25) is 0 Å². The van der Waals surface area contributed by atoms with E-state index in [0.717, 1.165) is 5.56 Å². The van der Waals surface area contributed by atoms with Gasteiger partial charge in [-0.15, -0.1) is 0 Å². The van der Waals surface area contributed by atoms with E-state index < -0.39 is 14.2 Å². The number of aromatic hydroxyl groups is 1. The van der Waals surface area contributed by atoms with Crippen LogP contribution in [0.5, 0.6) is 5.75 Å². The van der Waals surface area contributed by atoms with Crippen molar-refractivity contribution >= 4 is 41.1 Å². The first-order chi connectivity index (χ1) is 5.84. The average molecular weight is 358 g/mol. The Morgan fingerprint density at radius 3 is 2.38 bits per heavy atom. The number of phenolic OH excluding ortho intramolecular Hbond substituents is 1. The van der Waals surface area contributed by atoms with Crippen molar-refractivity contribution in [3.05, 3.63) is 21.3 Å². The minimum absolute atomic E-state index is 0.256. The van der Waals surface area contributed by atoms with E-state index in [0.29, 0.717) is 3.57 Å². The molecular formula is C7H8AsIO4. The van der Waals surface area contributed by atoms with Crippen molar-refractivity contribution in [2.24, 2.45) is 0 Å². The van der Waals surface area contributed by atoms with E-state index in [1.807, 2.05) is 22.6 Å². The predicted molar refractivity (Wildman–Crippen MR) is 56.1 cm³/mol. The van der Waals surface area contributed by atoms with Gasteiger partial charge >= 0.3 is 92.1 Å². The second kappa shape index (κ2) is 3.65. The van der Waals surface area contributed by atoms with Gasteiger partial charge in [0, 0.05) is 0 Å². The Labute approximate surface area is 91.7 Å². The van der Waals surface area contributed by atoms with Gasteiger partial charge in [0.1, 0.15) is 0 Å². The molecule has 0 amide bonds. The summed E-state index contributed by atoms with van der Waals surface area (Å²) in [6.07, 6.45) is 0. The monoisotopic (exact) mass is 358 g/mol. The summed E-state index contributed by atoms with van der Waals surface area (Å²) in [7, 11) is 0.